The second kappa shape index (κ2) is 5.41. The molecular formula is C10H16N4O. The van der Waals surface area contributed by atoms with E-state index in [2.05, 4.69) is 15.3 Å². The van der Waals surface area contributed by atoms with Crippen LogP contribution in [0.5, 0.6) is 0 Å². The molecule has 0 fully saturated rings. The van der Waals surface area contributed by atoms with Crippen LogP contribution in [0.4, 0.5) is 0 Å². The number of hydrogen-bond acceptors (Lipinski definition) is 4. The van der Waals surface area contributed by atoms with E-state index in [0.29, 0.717) is 30.2 Å². The number of hydrogen-bond donors (Lipinski definition) is 2. The molecule has 82 valence electrons. The monoisotopic (exact) mass is 208 g/mol. The van der Waals surface area contributed by atoms with Gasteiger partial charge in [0.2, 0.25) is 0 Å². The van der Waals surface area contributed by atoms with Crippen molar-refractivity contribution in [3.05, 3.63) is 23.3 Å². The molecule has 0 unspecified atom stereocenters. The molecular weight excluding hydrogens is 192 g/mol. The highest BCUT2D eigenvalue weighted by Crippen LogP contribution is 2.03. The lowest BCUT2D eigenvalue weighted by atomic mass is 10.2. The number of amides is 1. The molecule has 0 aliphatic heterocycles. The van der Waals surface area contributed by atoms with Gasteiger partial charge in [-0.2, -0.15) is 0 Å². The van der Waals surface area contributed by atoms with E-state index < -0.39 is 0 Å². The minimum Gasteiger partial charge on any atom is -0.352 e. The summed E-state index contributed by atoms with van der Waals surface area (Å²) in [6.45, 7) is 4.75. The molecule has 1 aromatic rings. The van der Waals surface area contributed by atoms with E-state index in [1.54, 1.807) is 20.0 Å². The number of carbonyl (C=O) groups is 1. The predicted octanol–water partition coefficient (Wildman–Crippen LogP) is 0.172. The first-order chi connectivity index (χ1) is 7.15. The molecule has 1 rings (SSSR count). The Bertz CT molecular complexity index is 351. The maximum absolute atomic E-state index is 11.6. The van der Waals surface area contributed by atoms with Crippen LogP contribution in [0, 0.1) is 13.8 Å². The fraction of sp³-hybridized carbons (Fsp3) is 0.500. The Morgan fingerprint density at radius 3 is 2.87 bits per heavy atom. The van der Waals surface area contributed by atoms with E-state index in [-0.39, 0.29) is 5.91 Å². The van der Waals surface area contributed by atoms with Crippen molar-refractivity contribution in [3.8, 4) is 0 Å². The first-order valence-electron chi connectivity index (χ1n) is 4.93. The minimum absolute atomic E-state index is 0.138. The molecule has 0 atom stereocenters. The molecule has 15 heavy (non-hydrogen) atoms. The van der Waals surface area contributed by atoms with Gasteiger partial charge in [0, 0.05) is 12.7 Å². The Labute approximate surface area is 89.1 Å². The zero-order valence-corrected chi connectivity index (χ0v) is 9.08. The Balaban J connectivity index is 2.65. The Morgan fingerprint density at radius 2 is 2.27 bits per heavy atom. The van der Waals surface area contributed by atoms with Crippen molar-refractivity contribution in [1.29, 1.82) is 0 Å². The molecule has 5 heteroatoms. The lowest BCUT2D eigenvalue weighted by Crippen LogP contribution is -2.27. The molecule has 3 N–H and O–H groups in total. The summed E-state index contributed by atoms with van der Waals surface area (Å²) in [4.78, 5) is 19.7. The van der Waals surface area contributed by atoms with E-state index in [0.717, 1.165) is 6.42 Å². The topological polar surface area (TPSA) is 80.9 Å². The molecule has 0 aliphatic carbocycles. The van der Waals surface area contributed by atoms with Crippen molar-refractivity contribution in [3.63, 3.8) is 0 Å². The SMILES string of the molecule is Cc1ncc(C(=O)NCCCN)c(C)n1. The third-order valence-electron chi connectivity index (χ3n) is 2.01. The number of nitrogens with zero attached hydrogens (tertiary/aromatic N) is 2. The number of carbonyl (C=O) groups excluding carboxylic acids is 1. The van der Waals surface area contributed by atoms with E-state index in [1.165, 1.54) is 0 Å². The number of nitrogens with two attached hydrogens (primary N) is 1. The first-order valence-corrected chi connectivity index (χ1v) is 4.93. The smallest absolute Gasteiger partial charge is 0.254 e. The van der Waals surface area contributed by atoms with Crippen molar-refractivity contribution in [2.45, 2.75) is 20.3 Å². The maximum Gasteiger partial charge on any atom is 0.254 e. The van der Waals surface area contributed by atoms with Crippen molar-refractivity contribution >= 4 is 5.91 Å². The minimum atomic E-state index is -0.138. The maximum atomic E-state index is 11.6. The van der Waals surface area contributed by atoms with Crippen LogP contribution >= 0.6 is 0 Å². The Hall–Kier alpha value is -1.49. The zero-order chi connectivity index (χ0) is 11.3. The summed E-state index contributed by atoms with van der Waals surface area (Å²) in [5, 5.41) is 2.76. The van der Waals surface area contributed by atoms with Crippen LogP contribution < -0.4 is 11.1 Å². The summed E-state index contributed by atoms with van der Waals surface area (Å²) in [5.41, 5.74) is 6.55. The Kier molecular flexibility index (Phi) is 4.17. The van der Waals surface area contributed by atoms with Crippen molar-refractivity contribution < 1.29 is 4.79 Å². The van der Waals surface area contributed by atoms with Gasteiger partial charge in [-0.05, 0) is 26.8 Å². The Morgan fingerprint density at radius 1 is 1.53 bits per heavy atom. The van der Waals surface area contributed by atoms with E-state index in [9.17, 15) is 4.79 Å². The summed E-state index contributed by atoms with van der Waals surface area (Å²) in [6.07, 6.45) is 2.33. The van der Waals surface area contributed by atoms with E-state index >= 15 is 0 Å². The number of aromatic nitrogens is 2. The van der Waals surface area contributed by atoms with Crippen molar-refractivity contribution in [2.24, 2.45) is 5.73 Å². The number of aryl methyl sites for hydroxylation is 2. The van der Waals surface area contributed by atoms with Crippen LogP contribution in [0.25, 0.3) is 0 Å². The van der Waals surface area contributed by atoms with Gasteiger partial charge in [0.25, 0.3) is 5.91 Å². The van der Waals surface area contributed by atoms with Crippen LogP contribution in [0.15, 0.2) is 6.20 Å². The van der Waals surface area contributed by atoms with Gasteiger partial charge in [-0.25, -0.2) is 9.97 Å². The van der Waals surface area contributed by atoms with Gasteiger partial charge < -0.3 is 11.1 Å². The van der Waals surface area contributed by atoms with Gasteiger partial charge in [0.1, 0.15) is 5.82 Å². The van der Waals surface area contributed by atoms with Crippen LogP contribution in [0.1, 0.15) is 28.3 Å². The molecule has 0 spiro atoms. The van der Waals surface area contributed by atoms with Crippen molar-refractivity contribution in [1.82, 2.24) is 15.3 Å². The third-order valence-corrected chi connectivity index (χ3v) is 2.01. The number of nitrogens with one attached hydrogen (secondary N) is 1. The van der Waals surface area contributed by atoms with Crippen LogP contribution in [-0.2, 0) is 0 Å². The second-order valence-electron chi connectivity index (χ2n) is 3.31. The molecule has 5 nitrogen and oxygen atoms in total. The molecule has 0 aliphatic rings. The molecule has 1 amide bonds. The highest BCUT2D eigenvalue weighted by atomic mass is 16.1. The average Bonchev–Trinajstić information content (AvgIpc) is 2.17. The second-order valence-corrected chi connectivity index (χ2v) is 3.31. The highest BCUT2D eigenvalue weighted by Gasteiger charge is 2.09. The zero-order valence-electron chi connectivity index (χ0n) is 9.08. The quantitative estimate of drug-likeness (QED) is 0.691. The van der Waals surface area contributed by atoms with Gasteiger partial charge in [-0.3, -0.25) is 4.79 Å². The lowest BCUT2D eigenvalue weighted by Gasteiger charge is -2.06. The van der Waals surface area contributed by atoms with Crippen LogP contribution in [-0.4, -0.2) is 29.0 Å². The predicted molar refractivity (Wildman–Crippen MR) is 57.5 cm³/mol. The molecule has 0 radical (unpaired) electrons. The van der Waals surface area contributed by atoms with Crippen molar-refractivity contribution in [2.75, 3.05) is 13.1 Å². The average molecular weight is 208 g/mol. The standard InChI is InChI=1S/C10H16N4O/c1-7-9(6-13-8(2)14-7)10(15)12-5-3-4-11/h6H,3-5,11H2,1-2H3,(H,12,15). The molecule has 0 saturated carbocycles. The van der Waals surface area contributed by atoms with E-state index in [4.69, 9.17) is 5.73 Å². The fourth-order valence-corrected chi connectivity index (χ4v) is 1.21. The van der Waals surface area contributed by atoms with Crippen LogP contribution in [0.3, 0.4) is 0 Å². The van der Waals surface area contributed by atoms with E-state index in [1.807, 2.05) is 0 Å². The normalized spacial score (nSPS) is 10.1. The van der Waals surface area contributed by atoms with Gasteiger partial charge >= 0.3 is 0 Å². The van der Waals surface area contributed by atoms with Gasteiger partial charge in [-0.1, -0.05) is 0 Å². The third kappa shape index (κ3) is 3.28. The van der Waals surface area contributed by atoms with Gasteiger partial charge in [0.15, 0.2) is 0 Å². The van der Waals surface area contributed by atoms with Crippen LogP contribution in [0.2, 0.25) is 0 Å². The largest absolute Gasteiger partial charge is 0.352 e. The molecule has 0 bridgehead atoms. The summed E-state index contributed by atoms with van der Waals surface area (Å²) in [7, 11) is 0. The first kappa shape index (κ1) is 11.6. The molecule has 0 saturated heterocycles. The summed E-state index contributed by atoms with van der Waals surface area (Å²) >= 11 is 0. The fourth-order valence-electron chi connectivity index (χ4n) is 1.21. The molecule has 1 aromatic heterocycles. The molecule has 1 heterocycles. The van der Waals surface area contributed by atoms with Gasteiger partial charge in [-0.15, -0.1) is 0 Å². The number of rotatable bonds is 4. The lowest BCUT2D eigenvalue weighted by molar-refractivity contribution is 0.0952. The van der Waals surface area contributed by atoms with Gasteiger partial charge in [0.05, 0.1) is 11.3 Å². The summed E-state index contributed by atoms with van der Waals surface area (Å²) < 4.78 is 0. The molecule has 0 aromatic carbocycles. The summed E-state index contributed by atoms with van der Waals surface area (Å²) in [5.74, 6) is 0.534. The summed E-state index contributed by atoms with van der Waals surface area (Å²) in [6, 6.07) is 0. The highest BCUT2D eigenvalue weighted by molar-refractivity contribution is 5.94.